The first-order valence-corrected chi connectivity index (χ1v) is 6.68. The summed E-state index contributed by atoms with van der Waals surface area (Å²) >= 11 is 1.27. The molecule has 1 aromatic carbocycles. The standard InChI is InChI=1S/C14H13N3O2S/c1-9-11(5-2-6-12(9)18)13(19)17-14-16-8-10(20-14)4-3-7-15/h2,5-6,8,18H,7,15H2,1H3,(H,16,17,19). The van der Waals surface area contributed by atoms with E-state index < -0.39 is 0 Å². The number of nitrogens with two attached hydrogens (primary N) is 1. The molecule has 0 aliphatic carbocycles. The van der Waals surface area contributed by atoms with Gasteiger partial charge in [0.2, 0.25) is 0 Å². The molecule has 4 N–H and O–H groups in total. The van der Waals surface area contributed by atoms with Gasteiger partial charge in [0.05, 0.1) is 17.6 Å². The first-order chi connectivity index (χ1) is 9.61. The fraction of sp³-hybridized carbons (Fsp3) is 0.143. The summed E-state index contributed by atoms with van der Waals surface area (Å²) in [7, 11) is 0. The molecule has 0 fully saturated rings. The van der Waals surface area contributed by atoms with Crippen molar-refractivity contribution in [3.63, 3.8) is 0 Å². The summed E-state index contributed by atoms with van der Waals surface area (Å²) in [5.41, 5.74) is 6.23. The van der Waals surface area contributed by atoms with Crippen molar-refractivity contribution in [3.8, 4) is 17.6 Å². The second kappa shape index (κ2) is 6.19. The Morgan fingerprint density at radius 2 is 2.35 bits per heavy atom. The average Bonchev–Trinajstić information content (AvgIpc) is 2.87. The Morgan fingerprint density at radius 3 is 3.10 bits per heavy atom. The largest absolute Gasteiger partial charge is 0.508 e. The van der Waals surface area contributed by atoms with Gasteiger partial charge in [-0.05, 0) is 19.1 Å². The molecule has 0 unspecified atom stereocenters. The second-order valence-electron chi connectivity index (χ2n) is 3.94. The number of anilines is 1. The molecule has 0 aliphatic heterocycles. The van der Waals surface area contributed by atoms with Crippen molar-refractivity contribution in [3.05, 3.63) is 40.4 Å². The van der Waals surface area contributed by atoms with E-state index >= 15 is 0 Å². The van der Waals surface area contributed by atoms with Gasteiger partial charge in [-0.15, -0.1) is 0 Å². The van der Waals surface area contributed by atoms with E-state index in [-0.39, 0.29) is 18.2 Å². The van der Waals surface area contributed by atoms with Crippen molar-refractivity contribution in [1.29, 1.82) is 0 Å². The average molecular weight is 287 g/mol. The van der Waals surface area contributed by atoms with E-state index in [1.54, 1.807) is 25.3 Å². The Morgan fingerprint density at radius 1 is 1.55 bits per heavy atom. The molecule has 0 bridgehead atoms. The third-order valence-corrected chi connectivity index (χ3v) is 3.42. The highest BCUT2D eigenvalue weighted by Crippen LogP contribution is 2.22. The van der Waals surface area contributed by atoms with Crippen molar-refractivity contribution in [1.82, 2.24) is 4.98 Å². The van der Waals surface area contributed by atoms with E-state index in [4.69, 9.17) is 5.73 Å². The van der Waals surface area contributed by atoms with Crippen LogP contribution in [-0.4, -0.2) is 22.5 Å². The van der Waals surface area contributed by atoms with Gasteiger partial charge in [-0.1, -0.05) is 29.2 Å². The Kier molecular flexibility index (Phi) is 4.35. The van der Waals surface area contributed by atoms with E-state index in [0.29, 0.717) is 16.3 Å². The topological polar surface area (TPSA) is 88.2 Å². The molecule has 1 heterocycles. The zero-order valence-electron chi connectivity index (χ0n) is 10.8. The van der Waals surface area contributed by atoms with Crippen LogP contribution in [0.3, 0.4) is 0 Å². The summed E-state index contributed by atoms with van der Waals surface area (Å²) in [6.07, 6.45) is 1.58. The normalized spacial score (nSPS) is 9.70. The Balaban J connectivity index is 2.15. The lowest BCUT2D eigenvalue weighted by molar-refractivity contribution is 0.102. The fourth-order valence-electron chi connectivity index (χ4n) is 1.56. The highest BCUT2D eigenvalue weighted by Gasteiger charge is 2.13. The molecule has 1 aromatic heterocycles. The smallest absolute Gasteiger partial charge is 0.257 e. The molecule has 0 atom stereocenters. The van der Waals surface area contributed by atoms with Gasteiger partial charge in [0, 0.05) is 11.1 Å². The zero-order valence-corrected chi connectivity index (χ0v) is 11.6. The number of rotatable bonds is 2. The summed E-state index contributed by atoms with van der Waals surface area (Å²) in [4.78, 5) is 16.9. The molecular weight excluding hydrogens is 274 g/mol. The van der Waals surface area contributed by atoms with E-state index in [0.717, 1.165) is 4.88 Å². The van der Waals surface area contributed by atoms with Gasteiger partial charge in [-0.2, -0.15) is 0 Å². The maximum atomic E-state index is 12.1. The zero-order chi connectivity index (χ0) is 14.5. The number of benzene rings is 1. The lowest BCUT2D eigenvalue weighted by Crippen LogP contribution is -2.13. The third kappa shape index (κ3) is 3.15. The van der Waals surface area contributed by atoms with Crippen LogP contribution in [0.25, 0.3) is 0 Å². The van der Waals surface area contributed by atoms with Crippen LogP contribution in [0.4, 0.5) is 5.13 Å². The molecule has 6 heteroatoms. The summed E-state index contributed by atoms with van der Waals surface area (Å²) < 4.78 is 0. The number of phenolic OH excluding ortho intramolecular Hbond substituents is 1. The molecule has 0 saturated carbocycles. The number of carbonyl (C=O) groups is 1. The highest BCUT2D eigenvalue weighted by molar-refractivity contribution is 7.16. The SMILES string of the molecule is Cc1c(O)cccc1C(=O)Nc1ncc(C#CCN)s1. The monoisotopic (exact) mass is 287 g/mol. The van der Waals surface area contributed by atoms with Crippen molar-refractivity contribution in [2.45, 2.75) is 6.92 Å². The Labute approximate surface area is 120 Å². The van der Waals surface area contributed by atoms with Crippen LogP contribution in [0.2, 0.25) is 0 Å². The van der Waals surface area contributed by atoms with Crippen LogP contribution in [0.15, 0.2) is 24.4 Å². The van der Waals surface area contributed by atoms with Crippen LogP contribution in [0, 0.1) is 18.8 Å². The number of nitrogens with zero attached hydrogens (tertiary/aromatic N) is 1. The number of aromatic nitrogens is 1. The first-order valence-electron chi connectivity index (χ1n) is 5.86. The Hall–Kier alpha value is -2.36. The highest BCUT2D eigenvalue weighted by atomic mass is 32.1. The molecule has 1 amide bonds. The minimum absolute atomic E-state index is 0.0892. The molecule has 102 valence electrons. The van der Waals surface area contributed by atoms with Crippen molar-refractivity contribution < 1.29 is 9.90 Å². The number of hydrogen-bond donors (Lipinski definition) is 3. The molecule has 0 aliphatic rings. The predicted octanol–water partition coefficient (Wildman–Crippen LogP) is 1.72. The number of nitrogens with one attached hydrogen (secondary N) is 1. The summed E-state index contributed by atoms with van der Waals surface area (Å²) in [5, 5.41) is 12.7. The lowest BCUT2D eigenvalue weighted by Gasteiger charge is -2.06. The summed E-state index contributed by atoms with van der Waals surface area (Å²) in [5.74, 6) is 5.35. The van der Waals surface area contributed by atoms with Gasteiger partial charge in [0.1, 0.15) is 5.75 Å². The Bertz CT molecular complexity index is 698. The van der Waals surface area contributed by atoms with Gasteiger partial charge >= 0.3 is 0 Å². The van der Waals surface area contributed by atoms with Gasteiger partial charge in [0.25, 0.3) is 5.91 Å². The second-order valence-corrected chi connectivity index (χ2v) is 4.97. The summed E-state index contributed by atoms with van der Waals surface area (Å²) in [6, 6.07) is 4.81. The fourth-order valence-corrected chi connectivity index (χ4v) is 2.25. The number of hydrogen-bond acceptors (Lipinski definition) is 5. The minimum atomic E-state index is -0.314. The lowest BCUT2D eigenvalue weighted by atomic mass is 10.1. The van der Waals surface area contributed by atoms with Gasteiger partial charge in [-0.3, -0.25) is 10.1 Å². The predicted molar refractivity (Wildman–Crippen MR) is 78.8 cm³/mol. The van der Waals surface area contributed by atoms with Gasteiger partial charge < -0.3 is 10.8 Å². The van der Waals surface area contributed by atoms with Crippen LogP contribution in [0.5, 0.6) is 5.75 Å². The number of phenols is 1. The molecule has 0 saturated heterocycles. The van der Waals surface area contributed by atoms with E-state index in [9.17, 15) is 9.90 Å². The molecule has 2 aromatic rings. The maximum absolute atomic E-state index is 12.1. The van der Waals surface area contributed by atoms with E-state index in [2.05, 4.69) is 22.1 Å². The van der Waals surface area contributed by atoms with Gasteiger partial charge in [0.15, 0.2) is 5.13 Å². The quantitative estimate of drug-likeness (QED) is 0.734. The molecule has 0 spiro atoms. The van der Waals surface area contributed by atoms with Crippen LogP contribution in [0.1, 0.15) is 20.8 Å². The van der Waals surface area contributed by atoms with Crippen molar-refractivity contribution in [2.24, 2.45) is 5.73 Å². The maximum Gasteiger partial charge on any atom is 0.257 e. The molecule has 5 nitrogen and oxygen atoms in total. The molecule has 2 rings (SSSR count). The number of carbonyl (C=O) groups excluding carboxylic acids is 1. The van der Waals surface area contributed by atoms with Crippen LogP contribution < -0.4 is 11.1 Å². The summed E-state index contributed by atoms with van der Waals surface area (Å²) in [6.45, 7) is 1.96. The van der Waals surface area contributed by atoms with Crippen molar-refractivity contribution in [2.75, 3.05) is 11.9 Å². The first kappa shape index (κ1) is 14.1. The number of aromatic hydroxyl groups is 1. The van der Waals surface area contributed by atoms with Crippen LogP contribution >= 0.6 is 11.3 Å². The number of thiazole rings is 1. The van der Waals surface area contributed by atoms with Gasteiger partial charge in [-0.25, -0.2) is 4.98 Å². The van der Waals surface area contributed by atoms with E-state index in [1.807, 2.05) is 0 Å². The molecular formula is C14H13N3O2S. The molecule has 20 heavy (non-hydrogen) atoms. The van der Waals surface area contributed by atoms with Crippen molar-refractivity contribution >= 4 is 22.4 Å². The minimum Gasteiger partial charge on any atom is -0.508 e. The van der Waals surface area contributed by atoms with E-state index in [1.165, 1.54) is 17.4 Å². The number of amides is 1. The molecule has 0 radical (unpaired) electrons. The van der Waals surface area contributed by atoms with Crippen LogP contribution in [-0.2, 0) is 0 Å². The third-order valence-electron chi connectivity index (χ3n) is 2.59.